The molecule has 0 spiro atoms. The summed E-state index contributed by atoms with van der Waals surface area (Å²) in [4.78, 5) is 9.38. The van der Waals surface area contributed by atoms with Crippen LogP contribution in [0, 0.1) is 0 Å². The summed E-state index contributed by atoms with van der Waals surface area (Å²) in [5.41, 5.74) is 1.41. The average Bonchev–Trinajstić information content (AvgIpc) is 3.20. The third kappa shape index (κ3) is 7.93. The van der Waals surface area contributed by atoms with E-state index in [0.29, 0.717) is 6.10 Å². The maximum absolute atomic E-state index is 5.64. The second-order valence-electron chi connectivity index (χ2n) is 7.12. The SMILES string of the molecule is CN=C(NCCN1CCN(Cc2ccccc2)CC1)NCC1CCCO1.I. The normalized spacial score (nSPS) is 21.7. The molecule has 0 aliphatic carbocycles. The minimum atomic E-state index is 0. The predicted octanol–water partition coefficient (Wildman–Crippen LogP) is 1.77. The smallest absolute Gasteiger partial charge is 0.191 e. The molecule has 2 aliphatic heterocycles. The van der Waals surface area contributed by atoms with Gasteiger partial charge in [-0.15, -0.1) is 24.0 Å². The molecule has 0 bridgehead atoms. The van der Waals surface area contributed by atoms with E-state index in [1.807, 2.05) is 7.05 Å². The number of nitrogens with one attached hydrogen (secondary N) is 2. The van der Waals surface area contributed by atoms with Crippen molar-refractivity contribution >= 4 is 29.9 Å². The van der Waals surface area contributed by atoms with E-state index in [4.69, 9.17) is 4.74 Å². The Labute approximate surface area is 180 Å². The van der Waals surface area contributed by atoms with Crippen molar-refractivity contribution in [1.82, 2.24) is 20.4 Å². The fraction of sp³-hybridized carbons (Fsp3) is 0.650. The van der Waals surface area contributed by atoms with Crippen molar-refractivity contribution in [2.24, 2.45) is 4.99 Å². The maximum atomic E-state index is 5.64. The van der Waals surface area contributed by atoms with E-state index in [0.717, 1.165) is 71.3 Å². The van der Waals surface area contributed by atoms with Crippen LogP contribution in [0.4, 0.5) is 0 Å². The number of nitrogens with zero attached hydrogens (tertiary/aromatic N) is 3. The molecule has 0 saturated carbocycles. The molecule has 7 heteroatoms. The van der Waals surface area contributed by atoms with Gasteiger partial charge in [0.25, 0.3) is 0 Å². The Morgan fingerprint density at radius 3 is 2.52 bits per heavy atom. The highest BCUT2D eigenvalue weighted by Gasteiger charge is 2.17. The van der Waals surface area contributed by atoms with Gasteiger partial charge in [0, 0.05) is 66.0 Å². The molecule has 0 aromatic heterocycles. The van der Waals surface area contributed by atoms with Crippen LogP contribution >= 0.6 is 24.0 Å². The summed E-state index contributed by atoms with van der Waals surface area (Å²) in [5, 5.41) is 6.79. The molecule has 6 nitrogen and oxygen atoms in total. The first-order chi connectivity index (χ1) is 12.8. The molecule has 2 fully saturated rings. The average molecular weight is 487 g/mol. The van der Waals surface area contributed by atoms with Crippen molar-refractivity contribution in [1.29, 1.82) is 0 Å². The van der Waals surface area contributed by atoms with Gasteiger partial charge in [0.1, 0.15) is 0 Å². The van der Waals surface area contributed by atoms with E-state index in [1.165, 1.54) is 12.0 Å². The zero-order chi connectivity index (χ0) is 18.0. The Morgan fingerprint density at radius 2 is 1.85 bits per heavy atom. The van der Waals surface area contributed by atoms with Crippen molar-refractivity contribution in [3.63, 3.8) is 0 Å². The highest BCUT2D eigenvalue weighted by Crippen LogP contribution is 2.10. The summed E-state index contributed by atoms with van der Waals surface area (Å²) in [7, 11) is 1.83. The number of ether oxygens (including phenoxy) is 1. The lowest BCUT2D eigenvalue weighted by molar-refractivity contribution is 0.113. The van der Waals surface area contributed by atoms with Crippen LogP contribution in [-0.4, -0.2) is 81.3 Å². The monoisotopic (exact) mass is 487 g/mol. The molecule has 0 amide bonds. The second-order valence-corrected chi connectivity index (χ2v) is 7.12. The predicted molar refractivity (Wildman–Crippen MR) is 122 cm³/mol. The minimum Gasteiger partial charge on any atom is -0.376 e. The Kier molecular flexibility index (Phi) is 10.4. The summed E-state index contributed by atoms with van der Waals surface area (Å²) in [6.45, 7) is 9.33. The first-order valence-corrected chi connectivity index (χ1v) is 9.88. The fourth-order valence-corrected chi connectivity index (χ4v) is 3.58. The number of piperazine rings is 1. The number of benzene rings is 1. The quantitative estimate of drug-likeness (QED) is 0.349. The van der Waals surface area contributed by atoms with E-state index >= 15 is 0 Å². The zero-order valence-corrected chi connectivity index (χ0v) is 18.7. The molecular formula is C20H34IN5O. The van der Waals surface area contributed by atoms with Crippen LogP contribution in [0.5, 0.6) is 0 Å². The van der Waals surface area contributed by atoms with Crippen molar-refractivity contribution < 1.29 is 4.74 Å². The maximum Gasteiger partial charge on any atom is 0.191 e. The standard InChI is InChI=1S/C20H33N5O.HI/c1-21-20(23-16-19-8-5-15-26-19)22-9-10-24-11-13-25(14-12-24)17-18-6-3-2-4-7-18;/h2-4,6-7,19H,5,8-17H2,1H3,(H2,21,22,23);1H. The van der Waals surface area contributed by atoms with Gasteiger partial charge >= 0.3 is 0 Å². The lowest BCUT2D eigenvalue weighted by Gasteiger charge is -2.34. The van der Waals surface area contributed by atoms with Crippen LogP contribution < -0.4 is 10.6 Å². The molecular weight excluding hydrogens is 453 g/mol. The topological polar surface area (TPSA) is 52.1 Å². The highest BCUT2D eigenvalue weighted by atomic mass is 127. The Bertz CT molecular complexity index is 543. The molecule has 2 heterocycles. The third-order valence-corrected chi connectivity index (χ3v) is 5.18. The summed E-state index contributed by atoms with van der Waals surface area (Å²) >= 11 is 0. The van der Waals surface area contributed by atoms with Gasteiger partial charge in [0.05, 0.1) is 6.10 Å². The lowest BCUT2D eigenvalue weighted by atomic mass is 10.2. The van der Waals surface area contributed by atoms with Crippen LogP contribution in [0.3, 0.4) is 0 Å². The van der Waals surface area contributed by atoms with Crippen molar-refractivity contribution in [3.05, 3.63) is 35.9 Å². The largest absolute Gasteiger partial charge is 0.376 e. The zero-order valence-electron chi connectivity index (χ0n) is 16.4. The first kappa shape index (κ1) is 22.4. The van der Waals surface area contributed by atoms with Gasteiger partial charge in [-0.1, -0.05) is 30.3 Å². The van der Waals surface area contributed by atoms with E-state index < -0.39 is 0 Å². The molecule has 0 radical (unpaired) electrons. The highest BCUT2D eigenvalue weighted by molar-refractivity contribution is 14.0. The Hall–Kier alpha value is -0.900. The molecule has 1 aromatic rings. The number of hydrogen-bond donors (Lipinski definition) is 2. The van der Waals surface area contributed by atoms with Gasteiger partial charge in [-0.3, -0.25) is 14.8 Å². The lowest BCUT2D eigenvalue weighted by Crippen LogP contribution is -2.49. The summed E-state index contributed by atoms with van der Waals surface area (Å²) < 4.78 is 5.64. The molecule has 1 aromatic carbocycles. The van der Waals surface area contributed by atoms with Gasteiger partial charge in [-0.25, -0.2) is 0 Å². The van der Waals surface area contributed by atoms with E-state index in [-0.39, 0.29) is 24.0 Å². The second kappa shape index (κ2) is 12.5. The molecule has 1 atom stereocenters. The van der Waals surface area contributed by atoms with Crippen molar-refractivity contribution in [2.75, 3.05) is 59.5 Å². The summed E-state index contributed by atoms with van der Waals surface area (Å²) in [6, 6.07) is 10.8. The number of hydrogen-bond acceptors (Lipinski definition) is 4. The molecule has 2 aliphatic rings. The number of guanidine groups is 1. The first-order valence-electron chi connectivity index (χ1n) is 9.88. The van der Waals surface area contributed by atoms with Gasteiger partial charge in [0.15, 0.2) is 5.96 Å². The molecule has 1 unspecified atom stereocenters. The minimum absolute atomic E-state index is 0. The van der Waals surface area contributed by atoms with Gasteiger partial charge in [-0.05, 0) is 18.4 Å². The van der Waals surface area contributed by atoms with Crippen molar-refractivity contribution in [3.8, 4) is 0 Å². The fourth-order valence-electron chi connectivity index (χ4n) is 3.58. The van der Waals surface area contributed by atoms with Crippen LogP contribution in [0.25, 0.3) is 0 Å². The molecule has 3 rings (SSSR count). The molecule has 27 heavy (non-hydrogen) atoms. The van der Waals surface area contributed by atoms with Crippen molar-refractivity contribution in [2.45, 2.75) is 25.5 Å². The number of aliphatic imine (C=N–C) groups is 1. The van der Waals surface area contributed by atoms with Crippen LogP contribution in [0.15, 0.2) is 35.3 Å². The van der Waals surface area contributed by atoms with E-state index in [2.05, 4.69) is 55.8 Å². The van der Waals surface area contributed by atoms with Crippen LogP contribution in [-0.2, 0) is 11.3 Å². The molecule has 152 valence electrons. The third-order valence-electron chi connectivity index (χ3n) is 5.18. The summed E-state index contributed by atoms with van der Waals surface area (Å²) in [6.07, 6.45) is 2.66. The van der Waals surface area contributed by atoms with Gasteiger partial charge in [0.2, 0.25) is 0 Å². The summed E-state index contributed by atoms with van der Waals surface area (Å²) in [5.74, 6) is 0.878. The van der Waals surface area contributed by atoms with Crippen LogP contribution in [0.2, 0.25) is 0 Å². The number of rotatable bonds is 7. The van der Waals surface area contributed by atoms with Gasteiger partial charge < -0.3 is 15.4 Å². The van der Waals surface area contributed by atoms with E-state index in [9.17, 15) is 0 Å². The van der Waals surface area contributed by atoms with E-state index in [1.54, 1.807) is 0 Å². The Morgan fingerprint density at radius 1 is 1.11 bits per heavy atom. The van der Waals surface area contributed by atoms with Crippen LogP contribution in [0.1, 0.15) is 18.4 Å². The van der Waals surface area contributed by atoms with Gasteiger partial charge in [-0.2, -0.15) is 0 Å². The number of halogens is 1. The molecule has 2 N–H and O–H groups in total. The molecule has 2 saturated heterocycles. The Balaban J connectivity index is 0.00000261.